The summed E-state index contributed by atoms with van der Waals surface area (Å²) in [5.74, 6) is -0.614. The maximum absolute atomic E-state index is 13.1. The van der Waals surface area contributed by atoms with E-state index in [0.717, 1.165) is 11.1 Å². The Labute approximate surface area is 190 Å². The minimum absolute atomic E-state index is 0.129. The van der Waals surface area contributed by atoms with Crippen LogP contribution in [0.4, 0.5) is 11.4 Å². The van der Waals surface area contributed by atoms with Crippen LogP contribution in [0.15, 0.2) is 77.6 Å². The maximum Gasteiger partial charge on any atom is 0.294 e. The smallest absolute Gasteiger partial charge is 0.294 e. The van der Waals surface area contributed by atoms with Crippen molar-refractivity contribution in [1.82, 2.24) is 5.32 Å². The van der Waals surface area contributed by atoms with Gasteiger partial charge in [0.15, 0.2) is 5.76 Å². The molecule has 8 heteroatoms. The number of furan rings is 1. The molecule has 3 amide bonds. The molecule has 0 saturated heterocycles. The molecule has 1 aromatic heterocycles. The second-order valence-corrected chi connectivity index (χ2v) is 7.55. The third-order valence-electron chi connectivity index (χ3n) is 5.33. The molecular weight excluding hydrogens is 422 g/mol. The molecule has 0 fully saturated rings. The van der Waals surface area contributed by atoms with Crippen molar-refractivity contribution in [2.75, 3.05) is 29.5 Å². The molecule has 168 valence electrons. The van der Waals surface area contributed by atoms with Crippen LogP contribution in [0.5, 0.6) is 0 Å². The second-order valence-electron chi connectivity index (χ2n) is 7.55. The van der Waals surface area contributed by atoms with Gasteiger partial charge in [0.25, 0.3) is 11.8 Å². The highest BCUT2D eigenvalue weighted by Crippen LogP contribution is 2.40. The van der Waals surface area contributed by atoms with Gasteiger partial charge in [0, 0.05) is 24.7 Å². The van der Waals surface area contributed by atoms with Gasteiger partial charge in [-0.05, 0) is 47.5 Å². The highest BCUT2D eigenvalue weighted by atomic mass is 16.3. The van der Waals surface area contributed by atoms with Gasteiger partial charge in [-0.25, -0.2) is 0 Å². The number of benzene rings is 2. The number of fused-ring (bicyclic) bond motifs is 1. The summed E-state index contributed by atoms with van der Waals surface area (Å²) >= 11 is 0. The molecule has 4 rings (SSSR count). The fraction of sp³-hybridized carbons (Fsp3) is 0.160. The standard InChI is InChI=1S/C25H23N3O5/c1-16-15-27(25(32)23-4-3-13-33-23)22-14-20(9-10-21(22)28(16)17(2)30)18-5-7-19(8-6-18)24(31)26-11-12-29/h3-10,13-14,29H,1,11-12,15H2,2H3,(H,26,31). The van der Waals surface area contributed by atoms with Gasteiger partial charge in [-0.3, -0.25) is 24.2 Å². The number of carbonyl (C=O) groups is 3. The fourth-order valence-electron chi connectivity index (χ4n) is 3.81. The molecular formula is C25H23N3O5. The van der Waals surface area contributed by atoms with Gasteiger partial charge in [0.1, 0.15) is 0 Å². The Kier molecular flexibility index (Phi) is 6.10. The lowest BCUT2D eigenvalue weighted by Crippen LogP contribution is -2.43. The molecule has 2 aromatic carbocycles. The quantitative estimate of drug-likeness (QED) is 0.628. The molecule has 0 atom stereocenters. The second kappa shape index (κ2) is 9.13. The molecule has 2 N–H and O–H groups in total. The first kappa shape index (κ1) is 22.0. The molecule has 0 aliphatic carbocycles. The van der Waals surface area contributed by atoms with Crippen LogP contribution in [0.3, 0.4) is 0 Å². The van der Waals surface area contributed by atoms with Crippen LogP contribution >= 0.6 is 0 Å². The summed E-state index contributed by atoms with van der Waals surface area (Å²) in [4.78, 5) is 40.5. The number of aliphatic hydroxyl groups excluding tert-OH is 1. The minimum Gasteiger partial charge on any atom is -0.459 e. The van der Waals surface area contributed by atoms with E-state index in [1.807, 2.05) is 12.1 Å². The van der Waals surface area contributed by atoms with Crippen molar-refractivity contribution in [3.8, 4) is 11.1 Å². The van der Waals surface area contributed by atoms with E-state index < -0.39 is 0 Å². The Balaban J connectivity index is 1.72. The lowest BCUT2D eigenvalue weighted by Gasteiger charge is -2.37. The lowest BCUT2D eigenvalue weighted by atomic mass is 10.00. The zero-order chi connectivity index (χ0) is 23.5. The maximum atomic E-state index is 13.1. The summed E-state index contributed by atoms with van der Waals surface area (Å²) in [7, 11) is 0. The summed E-state index contributed by atoms with van der Waals surface area (Å²) < 4.78 is 5.30. The third kappa shape index (κ3) is 4.28. The Hall–Kier alpha value is -4.17. The van der Waals surface area contributed by atoms with Gasteiger partial charge >= 0.3 is 0 Å². The average Bonchev–Trinajstić information content (AvgIpc) is 3.36. The molecule has 0 radical (unpaired) electrons. The molecule has 0 bridgehead atoms. The van der Waals surface area contributed by atoms with Crippen molar-refractivity contribution in [1.29, 1.82) is 0 Å². The van der Waals surface area contributed by atoms with E-state index in [2.05, 4.69) is 11.9 Å². The van der Waals surface area contributed by atoms with E-state index in [1.54, 1.807) is 42.5 Å². The summed E-state index contributed by atoms with van der Waals surface area (Å²) in [6.45, 7) is 5.63. The number of rotatable bonds is 5. The van der Waals surface area contributed by atoms with E-state index in [0.29, 0.717) is 22.6 Å². The van der Waals surface area contributed by atoms with Crippen LogP contribution in [-0.4, -0.2) is 42.5 Å². The zero-order valence-corrected chi connectivity index (χ0v) is 18.1. The molecule has 0 unspecified atom stereocenters. The van der Waals surface area contributed by atoms with E-state index in [-0.39, 0.29) is 43.2 Å². The van der Waals surface area contributed by atoms with Gasteiger partial charge in [-0.2, -0.15) is 0 Å². The third-order valence-corrected chi connectivity index (χ3v) is 5.33. The van der Waals surface area contributed by atoms with Gasteiger partial charge in [0.05, 0.1) is 30.8 Å². The van der Waals surface area contributed by atoms with E-state index in [9.17, 15) is 14.4 Å². The summed E-state index contributed by atoms with van der Waals surface area (Å²) in [5.41, 5.74) is 3.72. The number of anilines is 2. The lowest BCUT2D eigenvalue weighted by molar-refractivity contribution is -0.116. The van der Waals surface area contributed by atoms with Crippen molar-refractivity contribution in [2.45, 2.75) is 6.92 Å². The number of hydrogen-bond donors (Lipinski definition) is 2. The van der Waals surface area contributed by atoms with Gasteiger partial charge in [-0.15, -0.1) is 0 Å². The van der Waals surface area contributed by atoms with Crippen molar-refractivity contribution >= 4 is 29.1 Å². The van der Waals surface area contributed by atoms with Crippen LogP contribution in [0.25, 0.3) is 11.1 Å². The Morgan fingerprint density at radius 1 is 1.06 bits per heavy atom. The van der Waals surface area contributed by atoms with E-state index in [4.69, 9.17) is 9.52 Å². The summed E-state index contributed by atoms with van der Waals surface area (Å²) in [5, 5.41) is 11.5. The van der Waals surface area contributed by atoms with Gasteiger partial charge in [0.2, 0.25) is 5.91 Å². The van der Waals surface area contributed by atoms with Crippen molar-refractivity contribution in [2.24, 2.45) is 0 Å². The highest BCUT2D eigenvalue weighted by molar-refractivity contribution is 6.11. The predicted octanol–water partition coefficient (Wildman–Crippen LogP) is 3.20. The minimum atomic E-state index is -0.335. The molecule has 1 aliphatic heterocycles. The first-order valence-corrected chi connectivity index (χ1v) is 10.4. The number of carbonyl (C=O) groups excluding carboxylic acids is 3. The van der Waals surface area contributed by atoms with E-state index in [1.165, 1.54) is 23.0 Å². The SMILES string of the molecule is C=C1CN(C(=O)c2ccco2)c2cc(-c3ccc(C(=O)NCCO)cc3)ccc2N1C(C)=O. The van der Waals surface area contributed by atoms with Crippen molar-refractivity contribution in [3.05, 3.63) is 84.5 Å². The van der Waals surface area contributed by atoms with Crippen LogP contribution in [0.2, 0.25) is 0 Å². The summed E-state index contributed by atoms with van der Waals surface area (Å²) in [6.07, 6.45) is 1.43. The Morgan fingerprint density at radius 2 is 1.79 bits per heavy atom. The molecule has 33 heavy (non-hydrogen) atoms. The predicted molar refractivity (Wildman–Crippen MR) is 124 cm³/mol. The molecule has 1 aliphatic rings. The van der Waals surface area contributed by atoms with Gasteiger partial charge in [-0.1, -0.05) is 24.8 Å². The monoisotopic (exact) mass is 445 g/mol. The Bertz CT molecular complexity index is 1220. The molecule has 0 saturated carbocycles. The van der Waals surface area contributed by atoms with Gasteiger partial charge < -0.3 is 14.8 Å². The first-order valence-electron chi connectivity index (χ1n) is 10.4. The van der Waals surface area contributed by atoms with Crippen LogP contribution < -0.4 is 15.1 Å². The fourth-order valence-corrected chi connectivity index (χ4v) is 3.81. The number of amides is 3. The largest absolute Gasteiger partial charge is 0.459 e. The molecule has 3 aromatic rings. The highest BCUT2D eigenvalue weighted by Gasteiger charge is 2.33. The molecule has 2 heterocycles. The van der Waals surface area contributed by atoms with Crippen molar-refractivity contribution < 1.29 is 23.9 Å². The Morgan fingerprint density at radius 3 is 2.42 bits per heavy atom. The molecule has 0 spiro atoms. The normalized spacial score (nSPS) is 13.0. The zero-order valence-electron chi connectivity index (χ0n) is 18.1. The first-order chi connectivity index (χ1) is 15.9. The molecule has 8 nitrogen and oxygen atoms in total. The number of hydrogen-bond acceptors (Lipinski definition) is 5. The number of nitrogens with zero attached hydrogens (tertiary/aromatic N) is 2. The van der Waals surface area contributed by atoms with Crippen LogP contribution in [-0.2, 0) is 4.79 Å². The van der Waals surface area contributed by atoms with E-state index >= 15 is 0 Å². The van der Waals surface area contributed by atoms with Crippen LogP contribution in [0.1, 0.15) is 27.8 Å². The topological polar surface area (TPSA) is 103 Å². The summed E-state index contributed by atoms with van der Waals surface area (Å²) in [6, 6.07) is 15.7. The van der Waals surface area contributed by atoms with Crippen LogP contribution in [0, 0.1) is 0 Å². The number of aliphatic hydroxyl groups is 1. The number of nitrogens with one attached hydrogen (secondary N) is 1. The van der Waals surface area contributed by atoms with Crippen molar-refractivity contribution in [3.63, 3.8) is 0 Å². The average molecular weight is 445 g/mol.